The number of hydrazine groups is 1. The number of nitrogens with one attached hydrogen (secondary N) is 3. The minimum absolute atomic E-state index is 0.0247. The van der Waals surface area contributed by atoms with Gasteiger partial charge >= 0.3 is 0 Å². The lowest BCUT2D eigenvalue weighted by atomic mass is 10.0. The van der Waals surface area contributed by atoms with Crippen LogP contribution in [0.5, 0.6) is 0 Å². The summed E-state index contributed by atoms with van der Waals surface area (Å²) >= 11 is 3.68. The summed E-state index contributed by atoms with van der Waals surface area (Å²) in [7, 11) is 2.04. The number of piperidine rings is 1. The molecule has 0 radical (unpaired) electrons. The summed E-state index contributed by atoms with van der Waals surface area (Å²) in [5, 5.41) is 18.2. The third-order valence-electron chi connectivity index (χ3n) is 6.94. The highest BCUT2D eigenvalue weighted by molar-refractivity contribution is 9.10. The van der Waals surface area contributed by atoms with Crippen LogP contribution in [0.25, 0.3) is 16.4 Å². The average Bonchev–Trinajstić information content (AvgIpc) is 3.49. The fourth-order valence-electron chi connectivity index (χ4n) is 4.75. The van der Waals surface area contributed by atoms with Crippen molar-refractivity contribution in [3.63, 3.8) is 0 Å². The Morgan fingerprint density at radius 2 is 2.08 bits per heavy atom. The first kappa shape index (κ1) is 25.5. The molecule has 4 heterocycles. The van der Waals surface area contributed by atoms with E-state index < -0.39 is 0 Å². The number of nitrogens with zero attached hydrogens (tertiary/aromatic N) is 6. The number of likely N-dealkylation sites (tertiary alicyclic amines) is 1. The second kappa shape index (κ2) is 10.7. The molecular formula is C25H34BrN11. The molecule has 11 nitrogen and oxygen atoms in total. The maximum Gasteiger partial charge on any atom is 0.158 e. The Morgan fingerprint density at radius 1 is 1.30 bits per heavy atom. The van der Waals surface area contributed by atoms with Gasteiger partial charge in [-0.3, -0.25) is 4.90 Å². The van der Waals surface area contributed by atoms with E-state index in [4.69, 9.17) is 11.6 Å². The molecule has 0 atom stereocenters. The second-order valence-corrected chi connectivity index (χ2v) is 10.6. The molecule has 1 fully saturated rings. The number of hydrogen-bond donors (Lipinski definition) is 5. The highest BCUT2D eigenvalue weighted by Crippen LogP contribution is 2.32. The molecule has 12 heteroatoms. The third-order valence-corrected chi connectivity index (χ3v) is 7.51. The minimum atomic E-state index is 0.0247. The number of rotatable bonds is 8. The molecular weight excluding hydrogens is 534 g/mol. The van der Waals surface area contributed by atoms with Crippen LogP contribution in [0.2, 0.25) is 0 Å². The van der Waals surface area contributed by atoms with Gasteiger partial charge in [-0.1, -0.05) is 0 Å². The van der Waals surface area contributed by atoms with Gasteiger partial charge < -0.3 is 21.4 Å². The SMILES string of the molecule is CNC1CCN(Cc2cc(Br)n3ncnc(Nc4cc(/C(N)=N/N(N)C(C)C)cc5cc[nH]c45)c23)CC1. The number of H-pyrrole nitrogens is 1. The fourth-order valence-corrected chi connectivity index (χ4v) is 5.30. The highest BCUT2D eigenvalue weighted by Gasteiger charge is 2.21. The van der Waals surface area contributed by atoms with Crippen LogP contribution >= 0.6 is 15.9 Å². The number of hydrogen-bond acceptors (Lipinski definition) is 8. The molecule has 0 amide bonds. The topological polar surface area (TPSA) is 141 Å². The van der Waals surface area contributed by atoms with Crippen molar-refractivity contribution in [1.82, 2.24) is 34.9 Å². The molecule has 1 aliphatic rings. The number of hydrazone groups is 1. The van der Waals surface area contributed by atoms with Crippen molar-refractivity contribution in [2.75, 3.05) is 25.5 Å². The van der Waals surface area contributed by atoms with Crippen molar-refractivity contribution in [2.45, 2.75) is 45.3 Å². The quantitative estimate of drug-likeness (QED) is 0.0946. The van der Waals surface area contributed by atoms with Gasteiger partial charge in [0.15, 0.2) is 11.7 Å². The second-order valence-electron chi connectivity index (χ2n) is 9.75. The van der Waals surface area contributed by atoms with Crippen LogP contribution in [0, 0.1) is 0 Å². The van der Waals surface area contributed by atoms with Crippen molar-refractivity contribution in [3.8, 4) is 0 Å². The molecule has 7 N–H and O–H groups in total. The number of amidine groups is 1. The highest BCUT2D eigenvalue weighted by atomic mass is 79.9. The summed E-state index contributed by atoms with van der Waals surface area (Å²) in [5.74, 6) is 7.05. The van der Waals surface area contributed by atoms with Crippen molar-refractivity contribution in [1.29, 1.82) is 0 Å². The van der Waals surface area contributed by atoms with Gasteiger partial charge in [-0.25, -0.2) is 20.5 Å². The minimum Gasteiger partial charge on any atom is -0.382 e. The fraction of sp³-hybridized carbons (Fsp3) is 0.400. The first-order chi connectivity index (χ1) is 17.8. The van der Waals surface area contributed by atoms with Gasteiger partial charge in [0.1, 0.15) is 16.4 Å². The van der Waals surface area contributed by atoms with Crippen molar-refractivity contribution in [3.05, 3.63) is 52.5 Å². The Balaban J connectivity index is 1.51. The largest absolute Gasteiger partial charge is 0.382 e. The first-order valence-electron chi connectivity index (χ1n) is 12.5. The molecule has 0 spiro atoms. The summed E-state index contributed by atoms with van der Waals surface area (Å²) < 4.78 is 2.77. The molecule has 1 saturated heterocycles. The number of fused-ring (bicyclic) bond motifs is 2. The predicted octanol–water partition coefficient (Wildman–Crippen LogP) is 3.10. The van der Waals surface area contributed by atoms with E-state index in [1.54, 1.807) is 6.33 Å². The molecule has 1 aromatic carbocycles. The summed E-state index contributed by atoms with van der Waals surface area (Å²) in [6, 6.07) is 8.71. The van der Waals surface area contributed by atoms with E-state index in [2.05, 4.69) is 57.7 Å². The van der Waals surface area contributed by atoms with Crippen LogP contribution < -0.4 is 22.2 Å². The Kier molecular flexibility index (Phi) is 7.33. The summed E-state index contributed by atoms with van der Waals surface area (Å²) in [4.78, 5) is 10.4. The zero-order valence-corrected chi connectivity index (χ0v) is 23.0. The standard InChI is InChI=1S/C25H34BrN11/c1-15(2)37(28)34-24(27)17-10-16-4-7-30-22(16)20(11-17)33-25-23-18(12-21(26)36(23)32-14-31-25)13-35-8-5-19(29-3)6-9-35/h4,7,10-12,14-15,19,29-30H,5-6,8-9,13,28H2,1-3H3,(H2,27,34)(H,31,32,33). The van der Waals surface area contributed by atoms with E-state index in [1.807, 2.05) is 49.8 Å². The maximum atomic E-state index is 6.34. The zero-order chi connectivity index (χ0) is 26.1. The molecule has 0 bridgehead atoms. The molecule has 1 aliphatic heterocycles. The Hall–Kier alpha value is -3.19. The first-order valence-corrected chi connectivity index (χ1v) is 13.3. The maximum absolute atomic E-state index is 6.34. The molecule has 37 heavy (non-hydrogen) atoms. The van der Waals surface area contributed by atoms with Gasteiger partial charge in [0.05, 0.1) is 17.2 Å². The molecule has 196 valence electrons. The lowest BCUT2D eigenvalue weighted by molar-refractivity contribution is 0.195. The van der Waals surface area contributed by atoms with Crippen LogP contribution in [-0.4, -0.2) is 67.7 Å². The number of aromatic nitrogens is 4. The lowest BCUT2D eigenvalue weighted by Crippen LogP contribution is -2.40. The van der Waals surface area contributed by atoms with Crippen molar-refractivity contribution < 1.29 is 0 Å². The van der Waals surface area contributed by atoms with Gasteiger partial charge in [-0.2, -0.15) is 5.10 Å². The van der Waals surface area contributed by atoms with E-state index in [0.717, 1.165) is 70.3 Å². The molecule has 0 unspecified atom stereocenters. The van der Waals surface area contributed by atoms with Gasteiger partial charge in [0.2, 0.25) is 0 Å². The Morgan fingerprint density at radius 3 is 2.81 bits per heavy atom. The van der Waals surface area contributed by atoms with E-state index in [0.29, 0.717) is 17.7 Å². The molecule has 5 rings (SSSR count). The van der Waals surface area contributed by atoms with Crippen LogP contribution in [0.3, 0.4) is 0 Å². The normalized spacial score (nSPS) is 15.8. The Bertz CT molecular complexity index is 1420. The number of aromatic amines is 1. The van der Waals surface area contributed by atoms with Gasteiger partial charge in [-0.15, -0.1) is 5.10 Å². The van der Waals surface area contributed by atoms with Crippen molar-refractivity contribution >= 4 is 49.7 Å². The number of halogens is 1. The lowest BCUT2D eigenvalue weighted by Gasteiger charge is -2.31. The molecule has 0 aliphatic carbocycles. The zero-order valence-electron chi connectivity index (χ0n) is 21.4. The predicted molar refractivity (Wildman–Crippen MR) is 152 cm³/mol. The average molecular weight is 569 g/mol. The van der Waals surface area contributed by atoms with Crippen LogP contribution in [0.1, 0.15) is 37.8 Å². The smallest absolute Gasteiger partial charge is 0.158 e. The molecule has 0 saturated carbocycles. The number of nitrogens with two attached hydrogens (primary N) is 2. The molecule has 3 aromatic heterocycles. The van der Waals surface area contributed by atoms with E-state index >= 15 is 0 Å². The van der Waals surface area contributed by atoms with Crippen LogP contribution in [0.4, 0.5) is 11.5 Å². The van der Waals surface area contributed by atoms with Crippen LogP contribution in [0.15, 0.2) is 46.5 Å². The van der Waals surface area contributed by atoms with E-state index in [-0.39, 0.29) is 6.04 Å². The third kappa shape index (κ3) is 5.28. The van der Waals surface area contributed by atoms with E-state index in [1.165, 1.54) is 5.12 Å². The summed E-state index contributed by atoms with van der Waals surface area (Å²) in [5.41, 5.74) is 11.0. The van der Waals surface area contributed by atoms with Gasteiger partial charge in [0.25, 0.3) is 0 Å². The van der Waals surface area contributed by atoms with E-state index in [9.17, 15) is 0 Å². The number of benzene rings is 1. The molecule has 4 aromatic rings. The summed E-state index contributed by atoms with van der Waals surface area (Å²) in [6.45, 7) is 6.84. The van der Waals surface area contributed by atoms with Gasteiger partial charge in [-0.05, 0) is 92.6 Å². The van der Waals surface area contributed by atoms with Crippen molar-refractivity contribution in [2.24, 2.45) is 16.7 Å². The van der Waals surface area contributed by atoms with Crippen LogP contribution in [-0.2, 0) is 6.54 Å². The monoisotopic (exact) mass is 567 g/mol. The number of anilines is 2. The van der Waals surface area contributed by atoms with Gasteiger partial charge in [0, 0.05) is 29.7 Å². The summed E-state index contributed by atoms with van der Waals surface area (Å²) in [6.07, 6.45) is 5.74. The Labute approximate surface area is 224 Å².